The van der Waals surface area contributed by atoms with E-state index in [0.717, 1.165) is 31.3 Å². The second-order valence-electron chi connectivity index (χ2n) is 4.34. The third-order valence-corrected chi connectivity index (χ3v) is 2.82. The van der Waals surface area contributed by atoms with Crippen molar-refractivity contribution in [2.24, 2.45) is 0 Å². The van der Waals surface area contributed by atoms with Gasteiger partial charge in [0, 0.05) is 37.6 Å². The highest BCUT2D eigenvalue weighted by atomic mass is 15.2. The van der Waals surface area contributed by atoms with Gasteiger partial charge in [-0.2, -0.15) is 0 Å². The van der Waals surface area contributed by atoms with Crippen molar-refractivity contribution < 1.29 is 0 Å². The van der Waals surface area contributed by atoms with Crippen molar-refractivity contribution in [1.29, 1.82) is 0 Å². The molecular weight excluding hydrogens is 212 g/mol. The molecule has 0 saturated heterocycles. The van der Waals surface area contributed by atoms with E-state index in [1.54, 1.807) is 0 Å². The molecule has 17 heavy (non-hydrogen) atoms. The molecule has 0 aliphatic carbocycles. The van der Waals surface area contributed by atoms with E-state index in [9.17, 15) is 0 Å². The number of hydrogen-bond acceptors (Lipinski definition) is 4. The average Bonchev–Trinajstić information content (AvgIpc) is 2.34. The summed E-state index contributed by atoms with van der Waals surface area (Å²) in [5, 5.41) is 3.29. The number of hydrogen-bond donors (Lipinski definition) is 1. The summed E-state index contributed by atoms with van der Waals surface area (Å²) in [6.45, 7) is 9.18. The topological polar surface area (TPSA) is 41.1 Å². The number of nitrogens with zero attached hydrogens (tertiary/aromatic N) is 3. The number of unbranched alkanes of at least 4 members (excludes halogenated alkanes) is 1. The molecule has 0 unspecified atom stereocenters. The molecule has 96 valence electrons. The Labute approximate surface area is 104 Å². The predicted molar refractivity (Wildman–Crippen MR) is 72.3 cm³/mol. The molecule has 1 aromatic heterocycles. The summed E-state index contributed by atoms with van der Waals surface area (Å²) < 4.78 is 0. The fourth-order valence-corrected chi connectivity index (χ4v) is 1.59. The van der Waals surface area contributed by atoms with E-state index in [4.69, 9.17) is 0 Å². The Balaban J connectivity index is 2.67. The van der Waals surface area contributed by atoms with Crippen LogP contribution in [0, 0.1) is 6.92 Å². The summed E-state index contributed by atoms with van der Waals surface area (Å²) in [6.07, 6.45) is 4.31. The van der Waals surface area contributed by atoms with Crippen LogP contribution in [0.1, 0.15) is 37.9 Å². The van der Waals surface area contributed by atoms with Gasteiger partial charge in [0.05, 0.1) is 0 Å². The fraction of sp³-hybridized carbons (Fsp3) is 0.692. The molecule has 1 heterocycles. The first-order chi connectivity index (χ1) is 8.19. The molecule has 0 fully saturated rings. The summed E-state index contributed by atoms with van der Waals surface area (Å²) in [5.41, 5.74) is 2.25. The molecule has 0 aromatic carbocycles. The maximum Gasteiger partial charge on any atom is 0.225 e. The van der Waals surface area contributed by atoms with Crippen molar-refractivity contribution in [2.45, 2.75) is 40.2 Å². The lowest BCUT2D eigenvalue weighted by Crippen LogP contribution is -2.22. The van der Waals surface area contributed by atoms with Crippen molar-refractivity contribution in [3.63, 3.8) is 0 Å². The maximum atomic E-state index is 4.55. The van der Waals surface area contributed by atoms with Gasteiger partial charge in [-0.3, -0.25) is 0 Å². The minimum absolute atomic E-state index is 0.830. The molecule has 4 heteroatoms. The van der Waals surface area contributed by atoms with Gasteiger partial charge in [-0.05, 0) is 19.9 Å². The molecule has 4 nitrogen and oxygen atoms in total. The third kappa shape index (κ3) is 4.30. The van der Waals surface area contributed by atoms with Gasteiger partial charge in [0.25, 0.3) is 0 Å². The Morgan fingerprint density at radius 1 is 1.35 bits per heavy atom. The van der Waals surface area contributed by atoms with Crippen molar-refractivity contribution in [3.05, 3.63) is 17.5 Å². The van der Waals surface area contributed by atoms with Crippen molar-refractivity contribution >= 4 is 5.95 Å². The number of aromatic nitrogens is 2. The summed E-state index contributed by atoms with van der Waals surface area (Å²) in [5.74, 6) is 0.830. The van der Waals surface area contributed by atoms with Gasteiger partial charge >= 0.3 is 0 Å². The summed E-state index contributed by atoms with van der Waals surface area (Å²) in [6, 6.07) is 0. The predicted octanol–water partition coefficient (Wildman–Crippen LogP) is 2.13. The van der Waals surface area contributed by atoms with E-state index in [1.165, 1.54) is 18.4 Å². The van der Waals surface area contributed by atoms with Gasteiger partial charge in [-0.15, -0.1) is 0 Å². The van der Waals surface area contributed by atoms with E-state index in [-0.39, 0.29) is 0 Å². The van der Waals surface area contributed by atoms with Gasteiger partial charge in [-0.1, -0.05) is 20.3 Å². The molecule has 0 spiro atoms. The SMILES string of the molecule is CCCCN(C)c1ncc(CNCC)c(C)n1. The van der Waals surface area contributed by atoms with Crippen LogP contribution in [0.5, 0.6) is 0 Å². The van der Waals surface area contributed by atoms with Gasteiger partial charge in [0.2, 0.25) is 5.95 Å². The second kappa shape index (κ2) is 7.22. The van der Waals surface area contributed by atoms with Crippen molar-refractivity contribution in [3.8, 4) is 0 Å². The lowest BCUT2D eigenvalue weighted by atomic mass is 10.2. The molecule has 0 aliphatic rings. The van der Waals surface area contributed by atoms with Crippen LogP contribution < -0.4 is 10.2 Å². The molecule has 0 amide bonds. The van der Waals surface area contributed by atoms with Crippen LogP contribution >= 0.6 is 0 Å². The Hall–Kier alpha value is -1.16. The molecule has 0 aliphatic heterocycles. The van der Waals surface area contributed by atoms with Crippen LogP contribution in [0.3, 0.4) is 0 Å². The van der Waals surface area contributed by atoms with Crippen LogP contribution in [-0.4, -0.2) is 30.1 Å². The average molecular weight is 236 g/mol. The molecule has 0 saturated carbocycles. The highest BCUT2D eigenvalue weighted by Gasteiger charge is 2.06. The van der Waals surface area contributed by atoms with E-state index in [2.05, 4.69) is 34.0 Å². The number of rotatable bonds is 7. The zero-order valence-corrected chi connectivity index (χ0v) is 11.5. The van der Waals surface area contributed by atoms with Crippen LogP contribution in [0.2, 0.25) is 0 Å². The van der Waals surface area contributed by atoms with E-state index in [1.807, 2.05) is 20.2 Å². The second-order valence-corrected chi connectivity index (χ2v) is 4.34. The molecule has 1 rings (SSSR count). The van der Waals surface area contributed by atoms with Crippen LogP contribution in [-0.2, 0) is 6.54 Å². The Bertz CT molecular complexity index is 338. The highest BCUT2D eigenvalue weighted by molar-refractivity contribution is 5.31. The summed E-state index contributed by atoms with van der Waals surface area (Å²) in [4.78, 5) is 11.1. The molecule has 1 N–H and O–H groups in total. The molecular formula is C13H24N4. The quantitative estimate of drug-likeness (QED) is 0.787. The van der Waals surface area contributed by atoms with E-state index >= 15 is 0 Å². The van der Waals surface area contributed by atoms with Gasteiger partial charge in [0.1, 0.15) is 0 Å². The fourth-order valence-electron chi connectivity index (χ4n) is 1.59. The first-order valence-corrected chi connectivity index (χ1v) is 6.43. The van der Waals surface area contributed by atoms with E-state index < -0.39 is 0 Å². The molecule has 0 bridgehead atoms. The smallest absolute Gasteiger partial charge is 0.225 e. The lowest BCUT2D eigenvalue weighted by Gasteiger charge is -2.17. The first kappa shape index (κ1) is 13.9. The highest BCUT2D eigenvalue weighted by Crippen LogP contribution is 2.10. The monoisotopic (exact) mass is 236 g/mol. The molecule has 1 aromatic rings. The lowest BCUT2D eigenvalue weighted by molar-refractivity contribution is 0.709. The number of nitrogens with one attached hydrogen (secondary N) is 1. The first-order valence-electron chi connectivity index (χ1n) is 6.43. The molecule has 0 radical (unpaired) electrons. The largest absolute Gasteiger partial charge is 0.344 e. The van der Waals surface area contributed by atoms with Crippen LogP contribution in [0.15, 0.2) is 6.20 Å². The van der Waals surface area contributed by atoms with E-state index in [0.29, 0.717) is 0 Å². The number of aryl methyl sites for hydroxylation is 1. The minimum atomic E-state index is 0.830. The van der Waals surface area contributed by atoms with Gasteiger partial charge in [0.15, 0.2) is 0 Å². The Kier molecular flexibility index (Phi) is 5.91. The van der Waals surface area contributed by atoms with Crippen molar-refractivity contribution in [2.75, 3.05) is 25.0 Å². The normalized spacial score (nSPS) is 10.6. The van der Waals surface area contributed by atoms with Crippen molar-refractivity contribution in [1.82, 2.24) is 15.3 Å². The zero-order valence-electron chi connectivity index (χ0n) is 11.5. The third-order valence-electron chi connectivity index (χ3n) is 2.82. The Morgan fingerprint density at radius 3 is 2.71 bits per heavy atom. The summed E-state index contributed by atoms with van der Waals surface area (Å²) in [7, 11) is 2.05. The van der Waals surface area contributed by atoms with Gasteiger partial charge < -0.3 is 10.2 Å². The maximum absolute atomic E-state index is 4.55. The number of anilines is 1. The van der Waals surface area contributed by atoms with Crippen LogP contribution in [0.4, 0.5) is 5.95 Å². The van der Waals surface area contributed by atoms with Gasteiger partial charge in [-0.25, -0.2) is 9.97 Å². The standard InChI is InChI=1S/C13H24N4/c1-5-7-8-17(4)13-15-10-12(9-14-6-2)11(3)16-13/h10,14H,5-9H2,1-4H3. The Morgan fingerprint density at radius 2 is 2.12 bits per heavy atom. The van der Waals surface area contributed by atoms with Crippen LogP contribution in [0.25, 0.3) is 0 Å². The minimum Gasteiger partial charge on any atom is -0.344 e. The zero-order chi connectivity index (χ0) is 12.7. The summed E-state index contributed by atoms with van der Waals surface area (Å²) >= 11 is 0. The molecule has 0 atom stereocenters.